The average Bonchev–Trinajstić information content (AvgIpc) is 3.38. The molecule has 8 heteroatoms. The zero-order valence-corrected chi connectivity index (χ0v) is 20.6. The molecular formula is C28H30N6O2. The third kappa shape index (κ3) is 5.13. The number of fused-ring (bicyclic) bond motifs is 1. The number of benzene rings is 2. The fourth-order valence-corrected chi connectivity index (χ4v) is 4.49. The lowest BCUT2D eigenvalue weighted by Gasteiger charge is -2.32. The Bertz CT molecular complexity index is 1380. The minimum Gasteiger partial charge on any atom is -0.493 e. The first-order valence-electron chi connectivity index (χ1n) is 12.1. The van der Waals surface area contributed by atoms with Gasteiger partial charge in [-0.3, -0.25) is 9.88 Å². The number of H-pyrrole nitrogens is 1. The molecule has 0 saturated carbocycles. The molecule has 2 N–H and O–H groups in total. The maximum absolute atomic E-state index is 9.81. The number of pyridine rings is 1. The van der Waals surface area contributed by atoms with Gasteiger partial charge in [-0.1, -0.05) is 6.07 Å². The van der Waals surface area contributed by atoms with E-state index in [0.717, 1.165) is 60.4 Å². The van der Waals surface area contributed by atoms with Crippen molar-refractivity contribution in [1.29, 1.82) is 5.26 Å². The molecule has 0 radical (unpaired) electrons. The van der Waals surface area contributed by atoms with Crippen LogP contribution in [0.25, 0.3) is 22.0 Å². The Labute approximate surface area is 211 Å². The van der Waals surface area contributed by atoms with Crippen LogP contribution in [0.4, 0.5) is 11.4 Å². The summed E-state index contributed by atoms with van der Waals surface area (Å²) in [5, 5.41) is 14.4. The summed E-state index contributed by atoms with van der Waals surface area (Å²) in [6.45, 7) is 5.69. The number of aromatic nitrogens is 2. The first-order chi connectivity index (χ1) is 17.6. The molecule has 5 rings (SSSR count). The van der Waals surface area contributed by atoms with Crippen LogP contribution < -0.4 is 14.8 Å². The minimum atomic E-state index is 0.468. The number of nitriles is 1. The lowest BCUT2D eigenvalue weighted by molar-refractivity contribution is 0.133. The predicted octanol–water partition coefficient (Wildman–Crippen LogP) is 4.48. The Morgan fingerprint density at radius 2 is 1.92 bits per heavy atom. The van der Waals surface area contributed by atoms with E-state index in [9.17, 15) is 5.26 Å². The van der Waals surface area contributed by atoms with Crippen molar-refractivity contribution in [3.63, 3.8) is 0 Å². The summed E-state index contributed by atoms with van der Waals surface area (Å²) in [6.07, 6.45) is 5.26. The van der Waals surface area contributed by atoms with Gasteiger partial charge in [0.05, 0.1) is 18.4 Å². The number of piperazine rings is 1. The van der Waals surface area contributed by atoms with Crippen molar-refractivity contribution in [3.05, 3.63) is 66.6 Å². The normalized spacial score (nSPS) is 14.5. The second-order valence-electron chi connectivity index (χ2n) is 8.99. The number of nitrogens with one attached hydrogen (secondary N) is 2. The molecule has 0 spiro atoms. The molecule has 8 nitrogen and oxygen atoms in total. The highest BCUT2D eigenvalue weighted by molar-refractivity contribution is 5.88. The van der Waals surface area contributed by atoms with Gasteiger partial charge in [0, 0.05) is 73.5 Å². The Kier molecular flexibility index (Phi) is 7.03. The highest BCUT2D eigenvalue weighted by Gasteiger charge is 2.16. The number of methoxy groups -OCH3 is 1. The highest BCUT2D eigenvalue weighted by atomic mass is 16.5. The van der Waals surface area contributed by atoms with Crippen molar-refractivity contribution in [2.45, 2.75) is 0 Å². The summed E-state index contributed by atoms with van der Waals surface area (Å²) in [5.74, 6) is 1.35. The molecule has 184 valence electrons. The summed E-state index contributed by atoms with van der Waals surface area (Å²) >= 11 is 0. The summed E-state index contributed by atoms with van der Waals surface area (Å²) in [4.78, 5) is 12.3. The summed E-state index contributed by atoms with van der Waals surface area (Å²) in [7, 11) is 3.80. The van der Waals surface area contributed by atoms with Gasteiger partial charge in [-0.25, -0.2) is 0 Å². The van der Waals surface area contributed by atoms with E-state index in [2.05, 4.69) is 44.3 Å². The molecule has 3 heterocycles. The quantitative estimate of drug-likeness (QED) is 0.383. The minimum absolute atomic E-state index is 0.468. The highest BCUT2D eigenvalue weighted by Crippen LogP contribution is 2.37. The van der Waals surface area contributed by atoms with Crippen molar-refractivity contribution in [2.24, 2.45) is 0 Å². The van der Waals surface area contributed by atoms with Gasteiger partial charge >= 0.3 is 0 Å². The molecular weight excluding hydrogens is 452 g/mol. The standard InChI is InChI=1S/C28H30N6O2/c1-33-9-11-34(12-10-33)13-14-36-27-16-20(3-6-26(27)35-2)24-19-30-18-22(17-29)28(24)32-23-4-5-25-21(15-23)7-8-31-25/h3-8,15-16,18-19,31H,9-14H2,1-2H3,(H,30,32). The van der Waals surface area contributed by atoms with E-state index in [1.54, 1.807) is 19.5 Å². The molecule has 1 saturated heterocycles. The van der Waals surface area contributed by atoms with E-state index in [4.69, 9.17) is 9.47 Å². The van der Waals surface area contributed by atoms with Gasteiger partial charge in [0.25, 0.3) is 0 Å². The van der Waals surface area contributed by atoms with E-state index < -0.39 is 0 Å². The number of nitrogens with zero attached hydrogens (tertiary/aromatic N) is 4. The Hall–Kier alpha value is -4.06. The van der Waals surface area contributed by atoms with Crippen molar-refractivity contribution in [2.75, 3.05) is 58.8 Å². The monoisotopic (exact) mass is 482 g/mol. The van der Waals surface area contributed by atoms with E-state index in [1.807, 2.05) is 42.6 Å². The van der Waals surface area contributed by atoms with Crippen molar-refractivity contribution >= 4 is 22.3 Å². The maximum Gasteiger partial charge on any atom is 0.161 e. The van der Waals surface area contributed by atoms with E-state index in [1.165, 1.54) is 0 Å². The molecule has 1 fully saturated rings. The van der Waals surface area contributed by atoms with E-state index in [0.29, 0.717) is 29.4 Å². The molecule has 0 bridgehead atoms. The molecule has 0 atom stereocenters. The number of hydrogen-bond acceptors (Lipinski definition) is 7. The zero-order chi connectivity index (χ0) is 24.9. The van der Waals surface area contributed by atoms with Crippen LogP contribution in [0.5, 0.6) is 11.5 Å². The van der Waals surface area contributed by atoms with Gasteiger partial charge in [-0.05, 0) is 49.0 Å². The number of likely N-dealkylation sites (N-methyl/N-ethyl adjacent to an activating group) is 1. The van der Waals surface area contributed by atoms with Crippen LogP contribution in [0.15, 0.2) is 61.1 Å². The molecule has 1 aliphatic rings. The maximum atomic E-state index is 9.81. The summed E-state index contributed by atoms with van der Waals surface area (Å²) in [5.41, 5.74) is 4.83. The van der Waals surface area contributed by atoms with Gasteiger partial charge in [-0.15, -0.1) is 0 Å². The smallest absolute Gasteiger partial charge is 0.161 e. The van der Waals surface area contributed by atoms with Crippen LogP contribution in [0.2, 0.25) is 0 Å². The van der Waals surface area contributed by atoms with Crippen LogP contribution in [-0.4, -0.2) is 73.3 Å². The lowest BCUT2D eigenvalue weighted by atomic mass is 10.0. The zero-order valence-electron chi connectivity index (χ0n) is 20.6. The Balaban J connectivity index is 1.40. The number of aromatic amines is 1. The van der Waals surface area contributed by atoms with Crippen LogP contribution in [0, 0.1) is 11.3 Å². The third-order valence-corrected chi connectivity index (χ3v) is 6.62. The van der Waals surface area contributed by atoms with Crippen molar-refractivity contribution in [1.82, 2.24) is 19.8 Å². The summed E-state index contributed by atoms with van der Waals surface area (Å²) in [6, 6.07) is 16.2. The van der Waals surface area contributed by atoms with E-state index >= 15 is 0 Å². The molecule has 0 unspecified atom stereocenters. The number of rotatable bonds is 8. The first kappa shape index (κ1) is 23.7. The van der Waals surface area contributed by atoms with E-state index in [-0.39, 0.29) is 0 Å². The van der Waals surface area contributed by atoms with Gasteiger partial charge < -0.3 is 24.7 Å². The molecule has 0 amide bonds. The lowest BCUT2D eigenvalue weighted by Crippen LogP contribution is -2.45. The summed E-state index contributed by atoms with van der Waals surface area (Å²) < 4.78 is 11.7. The SMILES string of the molecule is COc1ccc(-c2cncc(C#N)c2Nc2ccc3[nH]ccc3c2)cc1OCCN1CCN(C)CC1. The Morgan fingerprint density at radius 3 is 2.72 bits per heavy atom. The van der Waals surface area contributed by atoms with Crippen LogP contribution in [0.3, 0.4) is 0 Å². The fraction of sp³-hybridized carbons (Fsp3) is 0.286. The Morgan fingerprint density at radius 1 is 1.06 bits per heavy atom. The van der Waals surface area contributed by atoms with Crippen LogP contribution in [0.1, 0.15) is 5.56 Å². The molecule has 1 aliphatic heterocycles. The average molecular weight is 483 g/mol. The molecule has 2 aromatic heterocycles. The first-order valence-corrected chi connectivity index (χ1v) is 12.1. The van der Waals surface area contributed by atoms with Crippen LogP contribution in [-0.2, 0) is 0 Å². The van der Waals surface area contributed by atoms with Crippen molar-refractivity contribution in [3.8, 4) is 28.7 Å². The fourth-order valence-electron chi connectivity index (χ4n) is 4.49. The predicted molar refractivity (Wildman–Crippen MR) is 142 cm³/mol. The second kappa shape index (κ2) is 10.7. The topological polar surface area (TPSA) is 89.4 Å². The number of hydrogen-bond donors (Lipinski definition) is 2. The van der Waals surface area contributed by atoms with Gasteiger partial charge in [-0.2, -0.15) is 5.26 Å². The van der Waals surface area contributed by atoms with Crippen LogP contribution >= 0.6 is 0 Å². The largest absolute Gasteiger partial charge is 0.493 e. The number of ether oxygens (including phenoxy) is 2. The second-order valence-corrected chi connectivity index (χ2v) is 8.99. The molecule has 2 aromatic carbocycles. The van der Waals surface area contributed by atoms with Gasteiger partial charge in [0.1, 0.15) is 12.7 Å². The van der Waals surface area contributed by atoms with Gasteiger partial charge in [0.15, 0.2) is 11.5 Å². The number of anilines is 2. The van der Waals surface area contributed by atoms with Crippen molar-refractivity contribution < 1.29 is 9.47 Å². The molecule has 36 heavy (non-hydrogen) atoms. The van der Waals surface area contributed by atoms with Gasteiger partial charge in [0.2, 0.25) is 0 Å². The molecule has 0 aliphatic carbocycles. The molecule has 4 aromatic rings. The third-order valence-electron chi connectivity index (χ3n) is 6.62.